The normalized spacial score (nSPS) is 15.1. The van der Waals surface area contributed by atoms with Crippen LogP contribution in [0.1, 0.15) is 19.4 Å². The van der Waals surface area contributed by atoms with Crippen molar-refractivity contribution in [2.75, 3.05) is 19.5 Å². The third-order valence-corrected chi connectivity index (χ3v) is 2.89. The molecular weight excluding hydrogens is 204 g/mol. The summed E-state index contributed by atoms with van der Waals surface area (Å²) in [4.78, 5) is 4.01. The molecule has 1 unspecified atom stereocenters. The monoisotopic (exact) mass is 224 g/mol. The van der Waals surface area contributed by atoms with E-state index in [-0.39, 0.29) is 5.92 Å². The maximum Gasteiger partial charge on any atom is 0.126 e. The van der Waals surface area contributed by atoms with E-state index < -0.39 is 5.60 Å². The van der Waals surface area contributed by atoms with E-state index in [4.69, 9.17) is 10.5 Å². The van der Waals surface area contributed by atoms with Gasteiger partial charge in [-0.05, 0) is 17.5 Å². The molecule has 3 N–H and O–H groups in total. The Labute approximate surface area is 96.5 Å². The first-order valence-corrected chi connectivity index (χ1v) is 5.40. The van der Waals surface area contributed by atoms with Gasteiger partial charge in [-0.3, -0.25) is 0 Å². The largest absolute Gasteiger partial charge is 0.387 e. The lowest BCUT2D eigenvalue weighted by Crippen LogP contribution is -2.42. The minimum absolute atomic E-state index is 0.0899. The molecular formula is C12H20N2O2. The van der Waals surface area contributed by atoms with Crippen LogP contribution >= 0.6 is 0 Å². The van der Waals surface area contributed by atoms with Gasteiger partial charge in [-0.2, -0.15) is 0 Å². The van der Waals surface area contributed by atoms with Crippen LogP contribution < -0.4 is 5.73 Å². The van der Waals surface area contributed by atoms with Crippen LogP contribution in [0.4, 0.5) is 5.82 Å². The quantitative estimate of drug-likeness (QED) is 0.789. The number of pyridine rings is 1. The molecule has 0 aliphatic rings. The summed E-state index contributed by atoms with van der Waals surface area (Å²) in [6.45, 7) is 4.22. The van der Waals surface area contributed by atoms with E-state index in [9.17, 15) is 5.11 Å². The Hall–Kier alpha value is -1.13. The number of hydrogen-bond donors (Lipinski definition) is 2. The molecule has 0 fully saturated rings. The van der Waals surface area contributed by atoms with E-state index in [2.05, 4.69) is 4.98 Å². The molecule has 4 heteroatoms. The van der Waals surface area contributed by atoms with Crippen LogP contribution in [-0.4, -0.2) is 29.4 Å². The molecule has 0 bridgehead atoms. The predicted molar refractivity (Wildman–Crippen MR) is 64.0 cm³/mol. The number of anilines is 1. The van der Waals surface area contributed by atoms with E-state index in [0.29, 0.717) is 18.8 Å². The van der Waals surface area contributed by atoms with Crippen molar-refractivity contribution in [1.29, 1.82) is 0 Å². The van der Waals surface area contributed by atoms with Gasteiger partial charge in [0.25, 0.3) is 0 Å². The smallest absolute Gasteiger partial charge is 0.126 e. The first-order valence-electron chi connectivity index (χ1n) is 5.40. The molecule has 0 spiro atoms. The van der Waals surface area contributed by atoms with Gasteiger partial charge >= 0.3 is 0 Å². The maximum atomic E-state index is 10.5. The number of hydrogen-bond acceptors (Lipinski definition) is 4. The number of aliphatic hydroxyl groups is 1. The molecule has 0 aliphatic carbocycles. The molecule has 0 amide bonds. The van der Waals surface area contributed by atoms with E-state index >= 15 is 0 Å². The number of nitrogens with two attached hydrogens (primary N) is 1. The molecule has 0 saturated carbocycles. The van der Waals surface area contributed by atoms with E-state index in [0.717, 1.165) is 5.56 Å². The zero-order chi connectivity index (χ0) is 12.2. The SMILES string of the molecule is COCC(O)(Cc1cccnc1N)C(C)C. The first-order chi connectivity index (χ1) is 7.49. The van der Waals surface area contributed by atoms with Crippen LogP contribution in [0.3, 0.4) is 0 Å². The fourth-order valence-electron chi connectivity index (χ4n) is 1.60. The highest BCUT2D eigenvalue weighted by Gasteiger charge is 2.32. The molecule has 1 aromatic rings. The lowest BCUT2D eigenvalue weighted by atomic mass is 9.85. The van der Waals surface area contributed by atoms with Gasteiger partial charge in [-0.25, -0.2) is 4.98 Å². The number of aromatic nitrogens is 1. The topological polar surface area (TPSA) is 68.4 Å². The van der Waals surface area contributed by atoms with Crippen molar-refractivity contribution < 1.29 is 9.84 Å². The van der Waals surface area contributed by atoms with Crippen molar-refractivity contribution in [2.24, 2.45) is 5.92 Å². The van der Waals surface area contributed by atoms with Crippen LogP contribution in [0, 0.1) is 5.92 Å². The number of methoxy groups -OCH3 is 1. The van der Waals surface area contributed by atoms with E-state index in [1.807, 2.05) is 26.0 Å². The molecule has 1 heterocycles. The summed E-state index contributed by atoms with van der Waals surface area (Å²) in [6, 6.07) is 3.70. The maximum absolute atomic E-state index is 10.5. The average molecular weight is 224 g/mol. The summed E-state index contributed by atoms with van der Waals surface area (Å²) in [6.07, 6.45) is 2.10. The summed E-state index contributed by atoms with van der Waals surface area (Å²) in [5.41, 5.74) is 5.72. The molecule has 4 nitrogen and oxygen atoms in total. The number of nitrogens with zero attached hydrogens (tertiary/aromatic N) is 1. The third kappa shape index (κ3) is 2.93. The molecule has 0 saturated heterocycles. The first kappa shape index (κ1) is 12.9. The number of rotatable bonds is 5. The second-order valence-corrected chi connectivity index (χ2v) is 4.42. The lowest BCUT2D eigenvalue weighted by molar-refractivity contribution is -0.0636. The number of nitrogen functional groups attached to an aromatic ring is 1. The molecule has 0 radical (unpaired) electrons. The zero-order valence-corrected chi connectivity index (χ0v) is 10.1. The Kier molecular flexibility index (Phi) is 4.26. The van der Waals surface area contributed by atoms with Crippen molar-refractivity contribution >= 4 is 5.82 Å². The Morgan fingerprint density at radius 2 is 2.25 bits per heavy atom. The standard InChI is InChI=1S/C12H20N2O2/c1-9(2)12(15,8-16-3)7-10-5-4-6-14-11(10)13/h4-6,9,15H,7-8H2,1-3H3,(H2,13,14). The highest BCUT2D eigenvalue weighted by Crippen LogP contribution is 2.24. The zero-order valence-electron chi connectivity index (χ0n) is 10.1. The number of ether oxygens (including phenoxy) is 1. The molecule has 1 aromatic heterocycles. The fourth-order valence-corrected chi connectivity index (χ4v) is 1.60. The highest BCUT2D eigenvalue weighted by atomic mass is 16.5. The lowest BCUT2D eigenvalue weighted by Gasteiger charge is -2.31. The summed E-state index contributed by atoms with van der Waals surface area (Å²) >= 11 is 0. The van der Waals surface area contributed by atoms with Crippen molar-refractivity contribution in [1.82, 2.24) is 4.98 Å². The van der Waals surface area contributed by atoms with Gasteiger partial charge in [0.1, 0.15) is 5.82 Å². The predicted octanol–water partition coefficient (Wildman–Crippen LogP) is 1.24. The van der Waals surface area contributed by atoms with Crippen molar-refractivity contribution in [3.8, 4) is 0 Å². The van der Waals surface area contributed by atoms with Crippen molar-refractivity contribution in [3.05, 3.63) is 23.9 Å². The minimum atomic E-state index is -0.897. The molecule has 0 aliphatic heterocycles. The summed E-state index contributed by atoms with van der Waals surface area (Å²) in [5, 5.41) is 10.5. The van der Waals surface area contributed by atoms with Crippen LogP contribution in [0.5, 0.6) is 0 Å². The molecule has 16 heavy (non-hydrogen) atoms. The molecule has 0 aromatic carbocycles. The molecule has 1 atom stereocenters. The fraction of sp³-hybridized carbons (Fsp3) is 0.583. The minimum Gasteiger partial charge on any atom is -0.387 e. The van der Waals surface area contributed by atoms with Crippen molar-refractivity contribution in [3.63, 3.8) is 0 Å². The van der Waals surface area contributed by atoms with Gasteiger partial charge in [0.05, 0.1) is 12.2 Å². The van der Waals surface area contributed by atoms with Crippen LogP contribution in [-0.2, 0) is 11.2 Å². The van der Waals surface area contributed by atoms with Crippen LogP contribution in [0.15, 0.2) is 18.3 Å². The molecule has 90 valence electrons. The van der Waals surface area contributed by atoms with Crippen LogP contribution in [0.25, 0.3) is 0 Å². The molecule has 1 rings (SSSR count). The summed E-state index contributed by atoms with van der Waals surface area (Å²) in [7, 11) is 1.58. The van der Waals surface area contributed by atoms with Gasteiger partial charge < -0.3 is 15.6 Å². The van der Waals surface area contributed by atoms with Gasteiger partial charge in [0.2, 0.25) is 0 Å². The Bertz CT molecular complexity index is 342. The second-order valence-electron chi connectivity index (χ2n) is 4.42. The van der Waals surface area contributed by atoms with E-state index in [1.165, 1.54) is 0 Å². The summed E-state index contributed by atoms with van der Waals surface area (Å²) in [5.74, 6) is 0.560. The Balaban J connectivity index is 2.88. The Morgan fingerprint density at radius 1 is 1.56 bits per heavy atom. The van der Waals surface area contributed by atoms with Gasteiger partial charge in [0.15, 0.2) is 0 Å². The Morgan fingerprint density at radius 3 is 2.75 bits per heavy atom. The van der Waals surface area contributed by atoms with Gasteiger partial charge in [-0.15, -0.1) is 0 Å². The third-order valence-electron chi connectivity index (χ3n) is 2.89. The second kappa shape index (κ2) is 5.27. The van der Waals surface area contributed by atoms with Gasteiger partial charge in [-0.1, -0.05) is 19.9 Å². The highest BCUT2D eigenvalue weighted by molar-refractivity contribution is 5.39. The van der Waals surface area contributed by atoms with Gasteiger partial charge in [0, 0.05) is 19.7 Å². The van der Waals surface area contributed by atoms with Crippen LogP contribution in [0.2, 0.25) is 0 Å². The van der Waals surface area contributed by atoms with Crippen molar-refractivity contribution in [2.45, 2.75) is 25.9 Å². The van der Waals surface area contributed by atoms with E-state index in [1.54, 1.807) is 13.3 Å². The summed E-state index contributed by atoms with van der Waals surface area (Å²) < 4.78 is 5.07. The average Bonchev–Trinajstić information content (AvgIpc) is 2.21.